The van der Waals surface area contributed by atoms with Crippen molar-refractivity contribution in [2.75, 3.05) is 0 Å². The van der Waals surface area contributed by atoms with Gasteiger partial charge in [0.1, 0.15) is 0 Å². The molecule has 0 aliphatic carbocycles. The molecule has 198 valence electrons. The van der Waals surface area contributed by atoms with E-state index < -0.39 is 0 Å². The van der Waals surface area contributed by atoms with Gasteiger partial charge in [0.2, 0.25) is 0 Å². The summed E-state index contributed by atoms with van der Waals surface area (Å²) in [6.45, 7) is 0. The maximum atomic E-state index is 4.97. The molecular weight excluding hydrogens is 518 g/mol. The average molecular weight is 542 g/mol. The summed E-state index contributed by atoms with van der Waals surface area (Å²) in [4.78, 5) is 32.3. The fourth-order valence-electron chi connectivity index (χ4n) is 4.76. The molecule has 0 aliphatic rings. The highest BCUT2D eigenvalue weighted by atomic mass is 15.0. The lowest BCUT2D eigenvalue weighted by Gasteiger charge is -2.11. The third-order valence-electron chi connectivity index (χ3n) is 6.82. The predicted molar refractivity (Wildman–Crippen MR) is 164 cm³/mol. The Morgan fingerprint density at radius 1 is 0.333 bits per heavy atom. The fourth-order valence-corrected chi connectivity index (χ4v) is 4.76. The molecule has 7 rings (SSSR count). The van der Waals surface area contributed by atoms with Crippen molar-refractivity contribution in [3.05, 3.63) is 140 Å². The fraction of sp³-hybridized carbons (Fsp3) is 0. The van der Waals surface area contributed by atoms with Gasteiger partial charge < -0.3 is 0 Å². The Hall–Kier alpha value is -5.95. The SMILES string of the molecule is c1ccc(-c2cccc(-c3nc(-c4cccc(-c5cnccn5)c4)nc(-c4cccc(-c5cnccn5)c4)n3)c2)cc1. The topological polar surface area (TPSA) is 90.2 Å². The van der Waals surface area contributed by atoms with Crippen LogP contribution in [0.1, 0.15) is 0 Å². The maximum Gasteiger partial charge on any atom is 0.164 e. The third kappa shape index (κ3) is 5.26. The van der Waals surface area contributed by atoms with Crippen molar-refractivity contribution in [3.8, 4) is 67.8 Å². The first-order valence-electron chi connectivity index (χ1n) is 13.5. The quantitative estimate of drug-likeness (QED) is 0.216. The second-order valence-corrected chi connectivity index (χ2v) is 9.60. The van der Waals surface area contributed by atoms with Crippen LogP contribution in [-0.2, 0) is 0 Å². The van der Waals surface area contributed by atoms with Gasteiger partial charge in [0.15, 0.2) is 17.5 Å². The molecule has 0 unspecified atom stereocenters. The van der Waals surface area contributed by atoms with Gasteiger partial charge in [0.25, 0.3) is 0 Å². The van der Waals surface area contributed by atoms with E-state index in [2.05, 4.69) is 44.2 Å². The van der Waals surface area contributed by atoms with Crippen LogP contribution in [0.5, 0.6) is 0 Å². The number of hydrogen-bond acceptors (Lipinski definition) is 7. The summed E-state index contributed by atoms with van der Waals surface area (Å²) < 4.78 is 0. The molecule has 0 saturated heterocycles. The van der Waals surface area contributed by atoms with Gasteiger partial charge in [0.05, 0.1) is 23.8 Å². The van der Waals surface area contributed by atoms with E-state index in [-0.39, 0.29) is 0 Å². The summed E-state index contributed by atoms with van der Waals surface area (Å²) in [5.41, 5.74) is 8.24. The van der Waals surface area contributed by atoms with E-state index >= 15 is 0 Å². The van der Waals surface area contributed by atoms with E-state index in [1.807, 2.05) is 78.9 Å². The molecule has 7 heteroatoms. The number of nitrogens with zero attached hydrogens (tertiary/aromatic N) is 7. The van der Waals surface area contributed by atoms with Crippen molar-refractivity contribution in [2.24, 2.45) is 0 Å². The largest absolute Gasteiger partial charge is 0.261 e. The first-order chi connectivity index (χ1) is 20.8. The highest BCUT2D eigenvalue weighted by Gasteiger charge is 2.15. The number of benzene rings is 4. The molecule has 0 radical (unpaired) electrons. The molecule has 0 bridgehead atoms. The van der Waals surface area contributed by atoms with Gasteiger partial charge >= 0.3 is 0 Å². The molecule has 42 heavy (non-hydrogen) atoms. The Kier molecular flexibility index (Phi) is 6.72. The van der Waals surface area contributed by atoms with Crippen LogP contribution < -0.4 is 0 Å². The Morgan fingerprint density at radius 2 is 0.738 bits per heavy atom. The lowest BCUT2D eigenvalue weighted by Crippen LogP contribution is -2.00. The molecule has 0 aliphatic heterocycles. The van der Waals surface area contributed by atoms with E-state index in [9.17, 15) is 0 Å². The zero-order valence-corrected chi connectivity index (χ0v) is 22.4. The molecule has 0 saturated carbocycles. The second-order valence-electron chi connectivity index (χ2n) is 9.60. The molecule has 0 amide bonds. The number of aromatic nitrogens is 7. The lowest BCUT2D eigenvalue weighted by atomic mass is 10.0. The Bertz CT molecular complexity index is 1740. The highest BCUT2D eigenvalue weighted by molar-refractivity contribution is 5.75. The minimum absolute atomic E-state index is 0.566. The lowest BCUT2D eigenvalue weighted by molar-refractivity contribution is 1.07. The van der Waals surface area contributed by atoms with Crippen LogP contribution in [0, 0.1) is 0 Å². The first-order valence-corrected chi connectivity index (χ1v) is 13.5. The van der Waals surface area contributed by atoms with Crippen LogP contribution in [0.3, 0.4) is 0 Å². The van der Waals surface area contributed by atoms with Gasteiger partial charge in [0, 0.05) is 52.6 Å². The molecular formula is C35H23N7. The molecule has 0 fully saturated rings. The van der Waals surface area contributed by atoms with Crippen molar-refractivity contribution < 1.29 is 0 Å². The number of hydrogen-bond donors (Lipinski definition) is 0. The molecule has 3 heterocycles. The van der Waals surface area contributed by atoms with E-state index in [1.165, 1.54) is 0 Å². The van der Waals surface area contributed by atoms with Crippen molar-refractivity contribution in [1.29, 1.82) is 0 Å². The Labute approximate surface area is 242 Å². The smallest absolute Gasteiger partial charge is 0.164 e. The Balaban J connectivity index is 1.38. The van der Waals surface area contributed by atoms with Crippen molar-refractivity contribution >= 4 is 0 Å². The maximum absolute atomic E-state index is 4.97. The summed E-state index contributed by atoms with van der Waals surface area (Å²) in [7, 11) is 0. The van der Waals surface area contributed by atoms with E-state index in [0.717, 1.165) is 50.3 Å². The minimum Gasteiger partial charge on any atom is -0.261 e. The van der Waals surface area contributed by atoms with E-state index in [0.29, 0.717) is 17.5 Å². The van der Waals surface area contributed by atoms with Crippen molar-refractivity contribution in [2.45, 2.75) is 0 Å². The first kappa shape index (κ1) is 25.0. The van der Waals surface area contributed by atoms with Gasteiger partial charge in [-0.25, -0.2) is 15.0 Å². The van der Waals surface area contributed by atoms with Crippen LogP contribution >= 0.6 is 0 Å². The highest BCUT2D eigenvalue weighted by Crippen LogP contribution is 2.30. The summed E-state index contributed by atoms with van der Waals surface area (Å²) >= 11 is 0. The van der Waals surface area contributed by atoms with Gasteiger partial charge in [-0.1, -0.05) is 84.9 Å². The van der Waals surface area contributed by atoms with Crippen LogP contribution in [0.2, 0.25) is 0 Å². The predicted octanol–water partition coefficient (Wildman–Crippen LogP) is 7.45. The Morgan fingerprint density at radius 3 is 1.19 bits per heavy atom. The summed E-state index contributed by atoms with van der Waals surface area (Å²) in [5.74, 6) is 1.72. The normalized spacial score (nSPS) is 10.9. The van der Waals surface area contributed by atoms with Crippen molar-refractivity contribution in [3.63, 3.8) is 0 Å². The van der Waals surface area contributed by atoms with E-state index in [1.54, 1.807) is 37.2 Å². The number of rotatable bonds is 6. The summed E-state index contributed by atoms with van der Waals surface area (Å²) in [6.07, 6.45) is 10.2. The summed E-state index contributed by atoms with van der Waals surface area (Å²) in [6, 6.07) is 34.6. The monoisotopic (exact) mass is 541 g/mol. The molecule has 4 aromatic carbocycles. The van der Waals surface area contributed by atoms with Crippen molar-refractivity contribution in [1.82, 2.24) is 34.9 Å². The summed E-state index contributed by atoms with van der Waals surface area (Å²) in [5, 5.41) is 0. The van der Waals surface area contributed by atoms with Gasteiger partial charge in [-0.05, 0) is 29.3 Å². The van der Waals surface area contributed by atoms with Crippen LogP contribution in [0.25, 0.3) is 67.8 Å². The molecule has 7 nitrogen and oxygen atoms in total. The molecule has 0 N–H and O–H groups in total. The van der Waals surface area contributed by atoms with Gasteiger partial charge in [-0.2, -0.15) is 0 Å². The zero-order chi connectivity index (χ0) is 28.1. The molecule has 0 spiro atoms. The standard InChI is InChI=1S/C35H23N7/c1-2-7-24(8-3-1)25-9-4-12-28(19-25)33-40-34(29-13-5-10-26(20-29)31-22-36-15-17-38-31)42-35(41-33)30-14-6-11-27(21-30)32-23-37-16-18-39-32/h1-23H. The zero-order valence-electron chi connectivity index (χ0n) is 22.4. The molecule has 0 atom stereocenters. The van der Waals surface area contributed by atoms with E-state index in [4.69, 9.17) is 15.0 Å². The second kappa shape index (κ2) is 11.3. The van der Waals surface area contributed by atoms with Crippen LogP contribution in [0.4, 0.5) is 0 Å². The van der Waals surface area contributed by atoms with Gasteiger partial charge in [-0.15, -0.1) is 0 Å². The molecule has 7 aromatic rings. The average Bonchev–Trinajstić information content (AvgIpc) is 3.09. The van der Waals surface area contributed by atoms with Gasteiger partial charge in [-0.3, -0.25) is 19.9 Å². The van der Waals surface area contributed by atoms with Crippen LogP contribution in [-0.4, -0.2) is 34.9 Å². The molecule has 3 aromatic heterocycles. The third-order valence-corrected chi connectivity index (χ3v) is 6.82. The minimum atomic E-state index is 0.566. The van der Waals surface area contributed by atoms with Crippen LogP contribution in [0.15, 0.2) is 140 Å².